The number of benzene rings is 1. The van der Waals surface area contributed by atoms with Crippen LogP contribution in [0.15, 0.2) is 24.3 Å². The molecule has 0 aromatic heterocycles. The molecule has 0 saturated heterocycles. The van der Waals surface area contributed by atoms with Crippen LogP contribution in [0.25, 0.3) is 0 Å². The van der Waals surface area contributed by atoms with Gasteiger partial charge >= 0.3 is 5.97 Å². The standard InChI is InChI=1S/C20H31NO3/c1-3-4-5-6-7-8-9-16-24-19(22)14-15-21-20(23)18-12-10-17(2)11-13-18/h10-13H,3-9,14-16H2,1-2H3,(H,21,23). The SMILES string of the molecule is CCCCCCCCCOC(=O)CCNC(=O)c1ccc(C)cc1. The van der Waals surface area contributed by atoms with E-state index in [4.69, 9.17) is 4.74 Å². The molecule has 0 bridgehead atoms. The van der Waals surface area contributed by atoms with E-state index in [1.165, 1.54) is 32.1 Å². The molecule has 0 aliphatic carbocycles. The maximum absolute atomic E-state index is 11.9. The van der Waals surface area contributed by atoms with Crippen molar-refractivity contribution < 1.29 is 14.3 Å². The molecule has 134 valence electrons. The Bertz CT molecular complexity index is 482. The highest BCUT2D eigenvalue weighted by Gasteiger charge is 2.07. The van der Waals surface area contributed by atoms with Gasteiger partial charge in [0.1, 0.15) is 0 Å². The van der Waals surface area contributed by atoms with Crippen molar-refractivity contribution in [1.82, 2.24) is 5.32 Å². The first kappa shape index (κ1) is 20.2. The third kappa shape index (κ3) is 9.33. The molecule has 1 amide bonds. The second-order valence-electron chi connectivity index (χ2n) is 6.21. The van der Waals surface area contributed by atoms with Gasteiger partial charge in [-0.15, -0.1) is 0 Å². The molecule has 0 unspecified atom stereocenters. The summed E-state index contributed by atoms with van der Waals surface area (Å²) in [6.07, 6.45) is 8.61. The van der Waals surface area contributed by atoms with Crippen molar-refractivity contribution in [3.63, 3.8) is 0 Å². The van der Waals surface area contributed by atoms with E-state index in [9.17, 15) is 9.59 Å². The maximum Gasteiger partial charge on any atom is 0.307 e. The topological polar surface area (TPSA) is 55.4 Å². The quantitative estimate of drug-likeness (QED) is 0.455. The van der Waals surface area contributed by atoms with E-state index in [2.05, 4.69) is 12.2 Å². The van der Waals surface area contributed by atoms with E-state index >= 15 is 0 Å². The van der Waals surface area contributed by atoms with Crippen LogP contribution < -0.4 is 5.32 Å². The molecule has 1 rings (SSSR count). The summed E-state index contributed by atoms with van der Waals surface area (Å²) in [5, 5.41) is 2.74. The number of ether oxygens (including phenoxy) is 1. The van der Waals surface area contributed by atoms with Crippen molar-refractivity contribution in [3.05, 3.63) is 35.4 Å². The summed E-state index contributed by atoms with van der Waals surface area (Å²) in [4.78, 5) is 23.5. The Balaban J connectivity index is 2.01. The maximum atomic E-state index is 11.9. The lowest BCUT2D eigenvalue weighted by atomic mass is 10.1. The molecule has 0 heterocycles. The van der Waals surface area contributed by atoms with Crippen LogP contribution in [0.1, 0.15) is 74.2 Å². The number of rotatable bonds is 12. The predicted molar refractivity (Wildman–Crippen MR) is 97.1 cm³/mol. The van der Waals surface area contributed by atoms with Crippen LogP contribution >= 0.6 is 0 Å². The average Bonchev–Trinajstić information content (AvgIpc) is 2.57. The first-order valence-electron chi connectivity index (χ1n) is 9.14. The van der Waals surface area contributed by atoms with Crippen LogP contribution in [-0.2, 0) is 9.53 Å². The summed E-state index contributed by atoms with van der Waals surface area (Å²) in [6, 6.07) is 7.35. The number of amides is 1. The van der Waals surface area contributed by atoms with Gasteiger partial charge in [0.15, 0.2) is 0 Å². The fourth-order valence-corrected chi connectivity index (χ4v) is 2.40. The normalized spacial score (nSPS) is 10.4. The highest BCUT2D eigenvalue weighted by atomic mass is 16.5. The van der Waals surface area contributed by atoms with E-state index in [1.54, 1.807) is 12.1 Å². The minimum atomic E-state index is -0.245. The van der Waals surface area contributed by atoms with E-state index in [-0.39, 0.29) is 18.3 Å². The van der Waals surface area contributed by atoms with Crippen LogP contribution in [0.2, 0.25) is 0 Å². The van der Waals surface area contributed by atoms with Crippen LogP contribution in [0.3, 0.4) is 0 Å². The smallest absolute Gasteiger partial charge is 0.307 e. The number of esters is 1. The number of hydrogen-bond acceptors (Lipinski definition) is 3. The summed E-state index contributed by atoms with van der Waals surface area (Å²) >= 11 is 0. The van der Waals surface area contributed by atoms with Crippen molar-refractivity contribution >= 4 is 11.9 Å². The summed E-state index contributed by atoms with van der Waals surface area (Å²) < 4.78 is 5.18. The number of carbonyl (C=O) groups is 2. The second-order valence-corrected chi connectivity index (χ2v) is 6.21. The molecule has 0 atom stereocenters. The van der Waals surface area contributed by atoms with Crippen molar-refractivity contribution in [3.8, 4) is 0 Å². The van der Waals surface area contributed by atoms with E-state index < -0.39 is 0 Å². The Labute approximate surface area is 146 Å². The van der Waals surface area contributed by atoms with Crippen molar-refractivity contribution in [2.75, 3.05) is 13.2 Å². The van der Waals surface area contributed by atoms with Crippen molar-refractivity contribution in [2.24, 2.45) is 0 Å². The molecule has 4 nitrogen and oxygen atoms in total. The lowest BCUT2D eigenvalue weighted by Gasteiger charge is -2.07. The highest BCUT2D eigenvalue weighted by molar-refractivity contribution is 5.94. The molecule has 0 fully saturated rings. The lowest BCUT2D eigenvalue weighted by Crippen LogP contribution is -2.26. The van der Waals surface area contributed by atoms with Gasteiger partial charge in [-0.05, 0) is 25.5 Å². The van der Waals surface area contributed by atoms with Gasteiger partial charge in [-0.2, -0.15) is 0 Å². The molecular weight excluding hydrogens is 302 g/mol. The van der Waals surface area contributed by atoms with Crippen LogP contribution in [0, 0.1) is 6.92 Å². The first-order chi connectivity index (χ1) is 11.6. The van der Waals surface area contributed by atoms with Crippen LogP contribution in [0.4, 0.5) is 0 Å². The van der Waals surface area contributed by atoms with Crippen molar-refractivity contribution in [2.45, 2.75) is 65.2 Å². The minimum absolute atomic E-state index is 0.158. The zero-order valence-corrected chi connectivity index (χ0v) is 15.1. The monoisotopic (exact) mass is 333 g/mol. The van der Waals surface area contributed by atoms with Crippen molar-refractivity contribution in [1.29, 1.82) is 0 Å². The van der Waals surface area contributed by atoms with E-state index in [1.807, 2.05) is 19.1 Å². The third-order valence-electron chi connectivity index (χ3n) is 3.94. The zero-order chi connectivity index (χ0) is 17.6. The molecule has 0 aliphatic heterocycles. The Kier molecular flexibility index (Phi) is 10.6. The minimum Gasteiger partial charge on any atom is -0.466 e. The van der Waals surface area contributed by atoms with Gasteiger partial charge in [0, 0.05) is 12.1 Å². The fourth-order valence-electron chi connectivity index (χ4n) is 2.40. The molecule has 4 heteroatoms. The van der Waals surface area contributed by atoms with Crippen LogP contribution in [-0.4, -0.2) is 25.0 Å². The fraction of sp³-hybridized carbons (Fsp3) is 0.600. The van der Waals surface area contributed by atoms with Gasteiger partial charge < -0.3 is 10.1 Å². The Morgan fingerprint density at radius 1 is 0.958 bits per heavy atom. The van der Waals surface area contributed by atoms with Gasteiger partial charge in [0.25, 0.3) is 5.91 Å². The van der Waals surface area contributed by atoms with Gasteiger partial charge in [0.05, 0.1) is 13.0 Å². The largest absolute Gasteiger partial charge is 0.466 e. The number of carbonyl (C=O) groups excluding carboxylic acids is 2. The molecular formula is C20H31NO3. The average molecular weight is 333 g/mol. The number of nitrogens with one attached hydrogen (secondary N) is 1. The third-order valence-corrected chi connectivity index (χ3v) is 3.94. The van der Waals surface area contributed by atoms with E-state index in [0.717, 1.165) is 18.4 Å². The van der Waals surface area contributed by atoms with Gasteiger partial charge in [-0.1, -0.05) is 63.1 Å². The number of hydrogen-bond donors (Lipinski definition) is 1. The molecule has 1 N–H and O–H groups in total. The summed E-state index contributed by atoms with van der Waals surface area (Å²) in [5.74, 6) is -0.403. The van der Waals surface area contributed by atoms with Crippen LogP contribution in [0.5, 0.6) is 0 Å². The van der Waals surface area contributed by atoms with Gasteiger partial charge in [-0.25, -0.2) is 0 Å². The molecule has 24 heavy (non-hydrogen) atoms. The van der Waals surface area contributed by atoms with Gasteiger partial charge in [0.2, 0.25) is 0 Å². The first-order valence-corrected chi connectivity index (χ1v) is 9.14. The Morgan fingerprint density at radius 3 is 2.25 bits per heavy atom. The Morgan fingerprint density at radius 2 is 1.58 bits per heavy atom. The summed E-state index contributed by atoms with van der Waals surface area (Å²) in [7, 11) is 0. The number of unbranched alkanes of at least 4 members (excludes halogenated alkanes) is 6. The molecule has 0 spiro atoms. The molecule has 1 aromatic rings. The molecule has 0 aliphatic rings. The molecule has 0 saturated carbocycles. The predicted octanol–water partition coefficient (Wildman–Crippen LogP) is 4.41. The molecule has 1 aromatic carbocycles. The van der Waals surface area contributed by atoms with E-state index in [0.29, 0.717) is 18.7 Å². The second kappa shape index (κ2) is 12.6. The zero-order valence-electron chi connectivity index (χ0n) is 15.1. The Hall–Kier alpha value is -1.84. The van der Waals surface area contributed by atoms with Gasteiger partial charge in [-0.3, -0.25) is 9.59 Å². The number of aryl methyl sites for hydroxylation is 1. The summed E-state index contributed by atoms with van der Waals surface area (Å²) in [5.41, 5.74) is 1.72. The summed E-state index contributed by atoms with van der Waals surface area (Å²) in [6.45, 7) is 4.98. The highest BCUT2D eigenvalue weighted by Crippen LogP contribution is 2.07. The molecule has 0 radical (unpaired) electrons. The lowest BCUT2D eigenvalue weighted by molar-refractivity contribution is -0.143.